The molecule has 130 valence electrons. The molecule has 0 amide bonds. The van der Waals surface area contributed by atoms with Crippen molar-refractivity contribution >= 4 is 26.7 Å². The van der Waals surface area contributed by atoms with Crippen LogP contribution in [-0.2, 0) is 0 Å². The van der Waals surface area contributed by atoms with E-state index in [0.29, 0.717) is 16.8 Å². The Balaban J connectivity index is 1.99. The number of hydrogen-bond acceptors (Lipinski definition) is 3. The summed E-state index contributed by atoms with van der Waals surface area (Å²) in [4.78, 5) is 15.2. The second-order valence-corrected chi connectivity index (χ2v) is 7.05. The lowest BCUT2D eigenvalue weighted by Crippen LogP contribution is -2.12. The normalized spacial score (nSPS) is 10.7. The number of nitrogens with one attached hydrogen (secondary N) is 1. The molecule has 0 spiro atoms. The van der Waals surface area contributed by atoms with Crippen LogP contribution in [0.2, 0.25) is 0 Å². The van der Waals surface area contributed by atoms with Crippen molar-refractivity contribution < 1.29 is 5.11 Å². The summed E-state index contributed by atoms with van der Waals surface area (Å²) < 4.78 is 0.771. The third-order valence-corrected chi connectivity index (χ3v) is 4.95. The van der Waals surface area contributed by atoms with Crippen LogP contribution in [0.25, 0.3) is 33.2 Å². The summed E-state index contributed by atoms with van der Waals surface area (Å²) in [7, 11) is 0. The van der Waals surface area contributed by atoms with E-state index < -0.39 is 5.56 Å². The van der Waals surface area contributed by atoms with E-state index >= 15 is 0 Å². The van der Waals surface area contributed by atoms with Gasteiger partial charge in [-0.05, 0) is 46.7 Å². The number of benzene rings is 3. The molecule has 4 rings (SSSR count). The van der Waals surface area contributed by atoms with E-state index in [2.05, 4.69) is 20.9 Å². The lowest BCUT2D eigenvalue weighted by molar-refractivity contribution is 0.477. The van der Waals surface area contributed by atoms with Crippen LogP contribution < -0.4 is 5.56 Å². The fraction of sp³-hybridized carbons (Fsp3) is 0. The van der Waals surface area contributed by atoms with Crippen LogP contribution in [0.4, 0.5) is 0 Å². The van der Waals surface area contributed by atoms with Gasteiger partial charge in [-0.1, -0.05) is 52.3 Å². The lowest BCUT2D eigenvalue weighted by Gasteiger charge is -2.10. The smallest absolute Gasteiger partial charge is 0.266 e. The molecule has 0 aliphatic heterocycles. The van der Waals surface area contributed by atoms with Crippen LogP contribution in [0.5, 0.6) is 5.75 Å². The Morgan fingerprint density at radius 2 is 1.70 bits per heavy atom. The summed E-state index contributed by atoms with van der Waals surface area (Å²) in [5, 5.41) is 21.8. The van der Waals surface area contributed by atoms with E-state index in [0.717, 1.165) is 20.8 Å². The minimum absolute atomic E-state index is 0.0445. The minimum atomic E-state index is -0.488. The highest BCUT2D eigenvalue weighted by atomic mass is 79.9. The standard InChI is InChI=1S/C22H13BrN2O2/c23-16-7-8-21(26)18(10-16)20-11-17(19(12-24)22(27)25-20)15-6-5-13-3-1-2-4-14(13)9-15/h1-11,26H,(H,25,27). The number of nitriles is 1. The van der Waals surface area contributed by atoms with Gasteiger partial charge in [0.25, 0.3) is 5.56 Å². The molecule has 0 aliphatic rings. The molecule has 0 radical (unpaired) electrons. The van der Waals surface area contributed by atoms with E-state index in [4.69, 9.17) is 0 Å². The summed E-state index contributed by atoms with van der Waals surface area (Å²) in [6.07, 6.45) is 0. The molecule has 5 heteroatoms. The first-order chi connectivity index (χ1) is 13.1. The van der Waals surface area contributed by atoms with Crippen LogP contribution in [0, 0.1) is 11.3 Å². The topological polar surface area (TPSA) is 76.9 Å². The van der Waals surface area contributed by atoms with Crippen molar-refractivity contribution in [1.82, 2.24) is 4.98 Å². The highest BCUT2D eigenvalue weighted by Crippen LogP contribution is 2.33. The zero-order chi connectivity index (χ0) is 19.0. The minimum Gasteiger partial charge on any atom is -0.507 e. The molecule has 0 saturated carbocycles. The SMILES string of the molecule is N#Cc1c(-c2ccc3ccccc3c2)cc(-c2cc(Br)ccc2O)[nH]c1=O. The van der Waals surface area contributed by atoms with Crippen LogP contribution in [0.3, 0.4) is 0 Å². The molecule has 27 heavy (non-hydrogen) atoms. The highest BCUT2D eigenvalue weighted by molar-refractivity contribution is 9.10. The third kappa shape index (κ3) is 3.12. The van der Waals surface area contributed by atoms with Gasteiger partial charge in [-0.3, -0.25) is 4.79 Å². The fourth-order valence-electron chi connectivity index (χ4n) is 3.12. The van der Waals surface area contributed by atoms with Gasteiger partial charge in [0.15, 0.2) is 0 Å². The Kier molecular flexibility index (Phi) is 4.27. The molecule has 0 aliphatic carbocycles. The molecular weight excluding hydrogens is 404 g/mol. The van der Waals surface area contributed by atoms with Crippen LogP contribution in [0.1, 0.15) is 5.56 Å². The molecule has 0 atom stereocenters. The van der Waals surface area contributed by atoms with Crippen molar-refractivity contribution in [3.8, 4) is 34.2 Å². The fourth-order valence-corrected chi connectivity index (χ4v) is 3.49. The van der Waals surface area contributed by atoms with Crippen molar-refractivity contribution in [2.24, 2.45) is 0 Å². The predicted octanol–water partition coefficient (Wildman–Crippen LogP) is 5.20. The molecule has 1 heterocycles. The molecular formula is C22H13BrN2O2. The Morgan fingerprint density at radius 3 is 2.48 bits per heavy atom. The zero-order valence-corrected chi connectivity index (χ0v) is 15.6. The van der Waals surface area contributed by atoms with Crippen molar-refractivity contribution in [2.75, 3.05) is 0 Å². The number of nitrogens with zero attached hydrogens (tertiary/aromatic N) is 1. The number of aromatic nitrogens is 1. The van der Waals surface area contributed by atoms with Crippen molar-refractivity contribution in [3.63, 3.8) is 0 Å². The number of pyridine rings is 1. The Hall–Kier alpha value is -3.36. The molecule has 0 bridgehead atoms. The van der Waals surface area contributed by atoms with Gasteiger partial charge in [0.05, 0.1) is 5.69 Å². The first-order valence-corrected chi connectivity index (χ1v) is 9.01. The summed E-state index contributed by atoms with van der Waals surface area (Å²) in [5.41, 5.74) is 1.78. The molecule has 3 aromatic carbocycles. The van der Waals surface area contributed by atoms with Gasteiger partial charge in [0.2, 0.25) is 0 Å². The Morgan fingerprint density at radius 1 is 0.926 bits per heavy atom. The average Bonchev–Trinajstić information content (AvgIpc) is 2.68. The number of phenolic OH excluding ortho intramolecular Hbond substituents is 1. The number of halogens is 1. The first kappa shape index (κ1) is 17.1. The zero-order valence-electron chi connectivity index (χ0n) is 14.0. The van der Waals surface area contributed by atoms with Crippen LogP contribution in [-0.4, -0.2) is 10.1 Å². The predicted molar refractivity (Wildman–Crippen MR) is 110 cm³/mol. The van der Waals surface area contributed by atoms with Gasteiger partial charge in [-0.25, -0.2) is 0 Å². The van der Waals surface area contributed by atoms with Gasteiger partial charge in [-0.15, -0.1) is 0 Å². The third-order valence-electron chi connectivity index (χ3n) is 4.45. The summed E-state index contributed by atoms with van der Waals surface area (Å²) in [5.74, 6) is 0.0445. The second-order valence-electron chi connectivity index (χ2n) is 6.14. The number of phenols is 1. The number of aromatic amines is 1. The number of fused-ring (bicyclic) bond motifs is 1. The molecule has 0 unspecified atom stereocenters. The maximum absolute atomic E-state index is 12.5. The first-order valence-electron chi connectivity index (χ1n) is 8.22. The van der Waals surface area contributed by atoms with E-state index in [1.165, 1.54) is 0 Å². The lowest BCUT2D eigenvalue weighted by atomic mass is 9.96. The van der Waals surface area contributed by atoms with Gasteiger partial charge in [-0.2, -0.15) is 5.26 Å². The molecule has 2 N–H and O–H groups in total. The Bertz CT molecular complexity index is 1290. The number of hydrogen-bond donors (Lipinski definition) is 2. The van der Waals surface area contributed by atoms with Gasteiger partial charge in [0, 0.05) is 15.6 Å². The van der Waals surface area contributed by atoms with Gasteiger partial charge >= 0.3 is 0 Å². The van der Waals surface area contributed by atoms with E-state index in [9.17, 15) is 15.2 Å². The van der Waals surface area contributed by atoms with E-state index in [-0.39, 0.29) is 11.3 Å². The number of aromatic hydroxyl groups is 1. The largest absolute Gasteiger partial charge is 0.507 e. The summed E-state index contributed by atoms with van der Waals surface area (Å²) >= 11 is 3.38. The van der Waals surface area contributed by atoms with Gasteiger partial charge < -0.3 is 10.1 Å². The van der Waals surface area contributed by atoms with Gasteiger partial charge in [0.1, 0.15) is 17.4 Å². The van der Waals surface area contributed by atoms with Crippen molar-refractivity contribution in [1.29, 1.82) is 5.26 Å². The average molecular weight is 417 g/mol. The molecule has 0 saturated heterocycles. The number of rotatable bonds is 2. The highest BCUT2D eigenvalue weighted by Gasteiger charge is 2.15. The Labute approximate surface area is 163 Å². The van der Waals surface area contributed by atoms with Crippen LogP contribution >= 0.6 is 15.9 Å². The van der Waals surface area contributed by atoms with E-state index in [1.54, 1.807) is 24.3 Å². The molecule has 4 nitrogen and oxygen atoms in total. The maximum Gasteiger partial charge on any atom is 0.266 e. The van der Waals surface area contributed by atoms with Crippen molar-refractivity contribution in [3.05, 3.63) is 87.1 Å². The van der Waals surface area contributed by atoms with Crippen molar-refractivity contribution in [2.45, 2.75) is 0 Å². The molecule has 4 aromatic rings. The summed E-state index contributed by atoms with van der Waals surface area (Å²) in [6, 6.07) is 22.4. The quantitative estimate of drug-likeness (QED) is 0.471. The second kappa shape index (κ2) is 6.75. The summed E-state index contributed by atoms with van der Waals surface area (Å²) in [6.45, 7) is 0. The monoisotopic (exact) mass is 416 g/mol. The maximum atomic E-state index is 12.5. The molecule has 0 fully saturated rings. The van der Waals surface area contributed by atoms with E-state index in [1.807, 2.05) is 48.5 Å². The number of H-pyrrole nitrogens is 1. The molecule has 1 aromatic heterocycles. The van der Waals surface area contributed by atoms with Crippen LogP contribution in [0.15, 0.2) is 76.0 Å².